The molecule has 37 heavy (non-hydrogen) atoms. The van der Waals surface area contributed by atoms with E-state index in [1.807, 2.05) is 0 Å². The Hall–Kier alpha value is -3.38. The molecule has 5 amide bonds. The third kappa shape index (κ3) is 11.9. The molecule has 0 aromatic rings. The van der Waals surface area contributed by atoms with Gasteiger partial charge in [-0.15, -0.1) is 0 Å². The maximum absolute atomic E-state index is 13.0. The number of unbranched alkanes of at least 4 members (excludes halogenated alkanes) is 2. The molecule has 0 aromatic heterocycles. The number of rotatable bonds is 17. The van der Waals surface area contributed by atoms with E-state index < -0.39 is 18.0 Å². The predicted octanol–water partition coefficient (Wildman–Crippen LogP) is -0.757. The number of guanidine groups is 1. The molecule has 2 radical (unpaired) electrons. The molecule has 204 valence electrons. The van der Waals surface area contributed by atoms with E-state index in [9.17, 15) is 24.0 Å². The maximum atomic E-state index is 13.0. The van der Waals surface area contributed by atoms with Gasteiger partial charge in [0.05, 0.1) is 7.85 Å². The highest BCUT2D eigenvalue weighted by Crippen LogP contribution is 2.09. The summed E-state index contributed by atoms with van der Waals surface area (Å²) in [5, 5.41) is 8.26. The number of hydrogen-bond donors (Lipinski definition) is 5. The van der Waals surface area contributed by atoms with Crippen molar-refractivity contribution in [2.75, 3.05) is 13.1 Å². The van der Waals surface area contributed by atoms with Crippen molar-refractivity contribution in [3.63, 3.8) is 0 Å². The Balaban J connectivity index is 2.60. The Labute approximate surface area is 219 Å². The van der Waals surface area contributed by atoms with E-state index in [1.165, 1.54) is 12.2 Å². The van der Waals surface area contributed by atoms with E-state index in [4.69, 9.17) is 19.3 Å². The van der Waals surface area contributed by atoms with Gasteiger partial charge in [0.1, 0.15) is 12.1 Å². The normalized spacial score (nSPS) is 15.3. The quantitative estimate of drug-likeness (QED) is 0.0551. The summed E-state index contributed by atoms with van der Waals surface area (Å²) in [5.41, 5.74) is 10.7. The number of hydrogen-bond acceptors (Lipinski definition) is 6. The fourth-order valence-electron chi connectivity index (χ4n) is 3.60. The van der Waals surface area contributed by atoms with Crippen LogP contribution in [0.15, 0.2) is 17.1 Å². The molecule has 0 saturated carbocycles. The Kier molecular flexibility index (Phi) is 14.0. The van der Waals surface area contributed by atoms with E-state index in [0.717, 1.165) is 4.90 Å². The lowest BCUT2D eigenvalue weighted by Crippen LogP contribution is -2.56. The molecule has 7 N–H and O–H groups in total. The lowest BCUT2D eigenvalue weighted by atomic mass is 9.98. The second-order valence-corrected chi connectivity index (χ2v) is 9.42. The van der Waals surface area contributed by atoms with Crippen LogP contribution in [0.1, 0.15) is 59.3 Å². The van der Waals surface area contributed by atoms with E-state index in [1.54, 1.807) is 20.8 Å². The van der Waals surface area contributed by atoms with Crippen LogP contribution in [0.2, 0.25) is 6.32 Å². The van der Waals surface area contributed by atoms with Crippen LogP contribution in [-0.2, 0) is 24.0 Å². The molecule has 13 heteroatoms. The Morgan fingerprint density at radius 1 is 0.946 bits per heavy atom. The molecule has 1 aliphatic rings. The van der Waals surface area contributed by atoms with E-state index >= 15 is 0 Å². The molecular weight excluding hydrogens is 477 g/mol. The van der Waals surface area contributed by atoms with Crippen molar-refractivity contribution in [3.05, 3.63) is 12.2 Å². The van der Waals surface area contributed by atoms with Gasteiger partial charge in [0.2, 0.25) is 17.7 Å². The number of aliphatic imine (C=N–C) groups is 1. The zero-order valence-electron chi connectivity index (χ0n) is 22.0. The van der Waals surface area contributed by atoms with Crippen molar-refractivity contribution in [3.8, 4) is 0 Å². The van der Waals surface area contributed by atoms with E-state index in [2.05, 4.69) is 20.9 Å². The molecule has 0 aromatic carbocycles. The largest absolute Gasteiger partial charge is 0.370 e. The molecule has 1 heterocycles. The van der Waals surface area contributed by atoms with Crippen LogP contribution < -0.4 is 27.4 Å². The highest BCUT2D eigenvalue weighted by atomic mass is 16.2. The van der Waals surface area contributed by atoms with Gasteiger partial charge in [0, 0.05) is 37.7 Å². The second kappa shape index (κ2) is 16.4. The first kappa shape index (κ1) is 31.7. The molecule has 12 nitrogen and oxygen atoms in total. The fraction of sp³-hybridized carbons (Fsp3) is 0.667. The molecular formula is C24H40BN7O5. The van der Waals surface area contributed by atoms with Gasteiger partial charge in [-0.1, -0.05) is 26.6 Å². The van der Waals surface area contributed by atoms with Crippen molar-refractivity contribution >= 4 is 43.3 Å². The van der Waals surface area contributed by atoms with Crippen molar-refractivity contribution in [1.82, 2.24) is 20.9 Å². The zero-order valence-corrected chi connectivity index (χ0v) is 22.0. The number of carbonyl (C=O) groups excluding carboxylic acids is 5. The second-order valence-electron chi connectivity index (χ2n) is 9.42. The Morgan fingerprint density at radius 2 is 1.59 bits per heavy atom. The minimum absolute atomic E-state index is 0.0561. The van der Waals surface area contributed by atoms with Crippen LogP contribution in [0, 0.1) is 5.92 Å². The SMILES string of the molecule is [B]C[C@@H](C)NC(=O)[C@H](CCCN=C(N)N)NC(=O)C(NC(=O)CCCCCN1C(=O)C=CC1=O)C(C)C. The predicted molar refractivity (Wildman–Crippen MR) is 141 cm³/mol. The summed E-state index contributed by atoms with van der Waals surface area (Å²) in [6, 6.07) is -1.96. The first-order chi connectivity index (χ1) is 17.5. The molecule has 1 rings (SSSR count). The van der Waals surface area contributed by atoms with Gasteiger partial charge in [-0.05, 0) is 38.5 Å². The van der Waals surface area contributed by atoms with Crippen molar-refractivity contribution in [1.29, 1.82) is 0 Å². The minimum Gasteiger partial charge on any atom is -0.370 e. The van der Waals surface area contributed by atoms with Gasteiger partial charge in [-0.2, -0.15) is 0 Å². The van der Waals surface area contributed by atoms with Crippen LogP contribution in [0.25, 0.3) is 0 Å². The van der Waals surface area contributed by atoms with Crippen LogP contribution >= 0.6 is 0 Å². The van der Waals surface area contributed by atoms with Gasteiger partial charge >= 0.3 is 0 Å². The first-order valence-corrected chi connectivity index (χ1v) is 12.6. The molecule has 1 unspecified atom stereocenters. The van der Waals surface area contributed by atoms with Gasteiger partial charge < -0.3 is 27.4 Å². The number of amides is 5. The smallest absolute Gasteiger partial charge is 0.253 e. The monoisotopic (exact) mass is 517 g/mol. The summed E-state index contributed by atoms with van der Waals surface area (Å²) in [6.45, 7) is 5.96. The summed E-state index contributed by atoms with van der Waals surface area (Å²) in [5.74, 6) is -2.08. The van der Waals surface area contributed by atoms with Gasteiger partial charge in [0.15, 0.2) is 5.96 Å². The highest BCUT2D eigenvalue weighted by molar-refractivity contribution is 6.12. The molecule has 1 aliphatic heterocycles. The summed E-state index contributed by atoms with van der Waals surface area (Å²) in [4.78, 5) is 66.5. The topological polar surface area (TPSA) is 189 Å². The number of nitrogens with zero attached hydrogens (tertiary/aromatic N) is 2. The summed E-state index contributed by atoms with van der Waals surface area (Å²) < 4.78 is 0. The molecule has 0 spiro atoms. The van der Waals surface area contributed by atoms with Gasteiger partial charge in [0.25, 0.3) is 11.8 Å². The third-order valence-electron chi connectivity index (χ3n) is 5.77. The van der Waals surface area contributed by atoms with Gasteiger partial charge in [-0.25, -0.2) is 0 Å². The number of nitrogens with two attached hydrogens (primary N) is 2. The third-order valence-corrected chi connectivity index (χ3v) is 5.77. The average molecular weight is 517 g/mol. The van der Waals surface area contributed by atoms with Crippen LogP contribution in [0.3, 0.4) is 0 Å². The van der Waals surface area contributed by atoms with Crippen LogP contribution in [0.5, 0.6) is 0 Å². The number of carbonyl (C=O) groups is 5. The molecule has 3 atom stereocenters. The average Bonchev–Trinajstić information content (AvgIpc) is 3.15. The summed E-state index contributed by atoms with van der Waals surface area (Å²) in [6.07, 6.45) is 5.42. The molecule has 0 saturated heterocycles. The lowest BCUT2D eigenvalue weighted by molar-refractivity contribution is -0.137. The van der Waals surface area contributed by atoms with Crippen molar-refractivity contribution < 1.29 is 24.0 Å². The standard InChI is InChI=1S/C24H40BN7O5/c1-15(2)21(31-18(33)9-5-4-6-13-32-19(34)10-11-20(32)35)23(37)30-17(8-7-12-28-24(26)27)22(36)29-16(3)14-25/h10-11,15-17,21H,4-9,12-14H2,1-3H3,(H,29,36)(H,30,37)(H,31,33)(H4,26,27,28)/t16-,17+,21?/m1/s1. The van der Waals surface area contributed by atoms with E-state index in [-0.39, 0.29) is 54.3 Å². The molecule has 0 aliphatic carbocycles. The minimum atomic E-state index is -0.848. The fourth-order valence-corrected chi connectivity index (χ4v) is 3.60. The Morgan fingerprint density at radius 3 is 2.16 bits per heavy atom. The molecule has 0 bridgehead atoms. The van der Waals surface area contributed by atoms with Crippen molar-refractivity contribution in [2.45, 2.75) is 83.7 Å². The Bertz CT molecular complexity index is 856. The van der Waals surface area contributed by atoms with Crippen LogP contribution in [0.4, 0.5) is 0 Å². The number of nitrogens with one attached hydrogen (secondary N) is 3. The lowest BCUT2D eigenvalue weighted by Gasteiger charge is -2.26. The van der Waals surface area contributed by atoms with Crippen molar-refractivity contribution in [2.24, 2.45) is 22.4 Å². The zero-order chi connectivity index (χ0) is 28.0. The summed E-state index contributed by atoms with van der Waals surface area (Å²) in [7, 11) is 5.59. The van der Waals surface area contributed by atoms with Crippen LogP contribution in [-0.4, -0.2) is 79.5 Å². The number of imide groups is 1. The van der Waals surface area contributed by atoms with E-state index in [0.29, 0.717) is 45.2 Å². The molecule has 0 fully saturated rings. The first-order valence-electron chi connectivity index (χ1n) is 12.6. The maximum Gasteiger partial charge on any atom is 0.253 e. The highest BCUT2D eigenvalue weighted by Gasteiger charge is 2.29. The van der Waals surface area contributed by atoms with Gasteiger partial charge in [-0.3, -0.25) is 33.9 Å². The summed E-state index contributed by atoms with van der Waals surface area (Å²) >= 11 is 0.